The zero-order valence-corrected chi connectivity index (χ0v) is 20.5. The molecule has 0 saturated carbocycles. The Balaban J connectivity index is 1.43. The molecule has 1 amide bonds. The van der Waals surface area contributed by atoms with Gasteiger partial charge in [0.25, 0.3) is 5.56 Å². The van der Waals surface area contributed by atoms with Crippen LogP contribution in [0, 0.1) is 0 Å². The summed E-state index contributed by atoms with van der Waals surface area (Å²) >= 11 is 0. The molecule has 1 aliphatic rings. The molecule has 2 aromatic carbocycles. The summed E-state index contributed by atoms with van der Waals surface area (Å²) in [6, 6.07) is 16.4. The van der Waals surface area contributed by atoms with E-state index in [1.54, 1.807) is 60.7 Å². The van der Waals surface area contributed by atoms with Gasteiger partial charge in [-0.25, -0.2) is 14.6 Å². The maximum atomic E-state index is 12.8. The fourth-order valence-electron chi connectivity index (χ4n) is 4.18. The van der Waals surface area contributed by atoms with Crippen molar-refractivity contribution >= 4 is 35.0 Å². The molecule has 3 N–H and O–H groups in total. The summed E-state index contributed by atoms with van der Waals surface area (Å²) in [5.74, 6) is -1.90. The van der Waals surface area contributed by atoms with Crippen LogP contribution in [0.1, 0.15) is 33.9 Å². The van der Waals surface area contributed by atoms with Gasteiger partial charge < -0.3 is 19.3 Å². The van der Waals surface area contributed by atoms with Crippen molar-refractivity contribution in [2.75, 3.05) is 11.9 Å². The number of aliphatic hydroxyl groups is 1. The number of fused-ring (bicyclic) bond motifs is 1. The van der Waals surface area contributed by atoms with Gasteiger partial charge in [-0.05, 0) is 24.3 Å². The molecule has 13 heteroatoms. The third-order valence-electron chi connectivity index (χ3n) is 5.96. The van der Waals surface area contributed by atoms with Crippen LogP contribution in [-0.4, -0.2) is 67.4 Å². The van der Waals surface area contributed by atoms with Gasteiger partial charge in [0.05, 0.1) is 11.1 Å². The Morgan fingerprint density at radius 2 is 1.69 bits per heavy atom. The first-order valence-electron chi connectivity index (χ1n) is 11.9. The summed E-state index contributed by atoms with van der Waals surface area (Å²) in [6.07, 6.45) is -3.86. The Morgan fingerprint density at radius 3 is 2.33 bits per heavy atom. The van der Waals surface area contributed by atoms with Crippen molar-refractivity contribution < 1.29 is 33.7 Å². The molecule has 2 aromatic heterocycles. The third kappa shape index (κ3) is 5.39. The number of ether oxygens (including phenoxy) is 3. The van der Waals surface area contributed by atoms with Crippen molar-refractivity contribution in [3.63, 3.8) is 0 Å². The topological polar surface area (TPSA) is 175 Å². The number of carbonyl (C=O) groups excluding carboxylic acids is 3. The normalized spacial score (nSPS) is 20.5. The lowest BCUT2D eigenvalue weighted by Crippen LogP contribution is -2.38. The second-order valence-electron chi connectivity index (χ2n) is 8.68. The minimum Gasteiger partial charge on any atom is -0.459 e. The Labute approximate surface area is 220 Å². The molecule has 0 bridgehead atoms. The van der Waals surface area contributed by atoms with E-state index in [2.05, 4.69) is 20.3 Å². The summed E-state index contributed by atoms with van der Waals surface area (Å²) in [5, 5.41) is 13.6. The van der Waals surface area contributed by atoms with E-state index >= 15 is 0 Å². The van der Waals surface area contributed by atoms with Gasteiger partial charge in [0, 0.05) is 6.92 Å². The van der Waals surface area contributed by atoms with Crippen molar-refractivity contribution in [1.29, 1.82) is 0 Å². The minimum atomic E-state index is -1.48. The van der Waals surface area contributed by atoms with Crippen LogP contribution < -0.4 is 10.9 Å². The number of nitrogens with one attached hydrogen (secondary N) is 2. The molecule has 0 radical (unpaired) electrons. The molecule has 0 spiro atoms. The molecule has 1 aliphatic heterocycles. The number of esters is 2. The monoisotopic (exact) mass is 533 g/mol. The SMILES string of the molecule is CC(=O)Nc1nc2ncn([C@H]3O[C@@H](COC(=O)c4ccccc4)[C@@H](OC(=O)c4ccccc4)[C@@H]3O)c2c(=O)[nH]1. The van der Waals surface area contributed by atoms with Crippen LogP contribution in [-0.2, 0) is 19.0 Å². The molecule has 1 fully saturated rings. The minimum absolute atomic E-state index is 0.0184. The van der Waals surface area contributed by atoms with Gasteiger partial charge >= 0.3 is 11.9 Å². The smallest absolute Gasteiger partial charge is 0.338 e. The Hall–Kier alpha value is -4.88. The molecular weight excluding hydrogens is 510 g/mol. The number of rotatable bonds is 7. The van der Waals surface area contributed by atoms with Gasteiger partial charge in [-0.1, -0.05) is 36.4 Å². The molecule has 13 nitrogen and oxygen atoms in total. The van der Waals surface area contributed by atoms with Crippen molar-refractivity contribution in [2.45, 2.75) is 31.5 Å². The first kappa shape index (κ1) is 25.8. The fraction of sp³-hybridized carbons (Fsp3) is 0.231. The average molecular weight is 533 g/mol. The molecule has 0 unspecified atom stereocenters. The zero-order valence-electron chi connectivity index (χ0n) is 20.5. The summed E-state index contributed by atoms with van der Waals surface area (Å²) in [5.41, 5.74) is -0.182. The lowest BCUT2D eigenvalue weighted by atomic mass is 10.1. The second-order valence-corrected chi connectivity index (χ2v) is 8.68. The number of aromatic amines is 1. The van der Waals surface area contributed by atoms with Crippen LogP contribution in [0.3, 0.4) is 0 Å². The Morgan fingerprint density at radius 1 is 1.05 bits per heavy atom. The summed E-state index contributed by atoms with van der Waals surface area (Å²) in [7, 11) is 0. The first-order chi connectivity index (χ1) is 18.8. The number of hydrogen-bond donors (Lipinski definition) is 3. The van der Waals surface area contributed by atoms with E-state index in [0.717, 1.165) is 0 Å². The zero-order chi connectivity index (χ0) is 27.5. The second kappa shape index (κ2) is 10.8. The van der Waals surface area contributed by atoms with Gasteiger partial charge in [-0.2, -0.15) is 4.98 Å². The third-order valence-corrected chi connectivity index (χ3v) is 5.96. The van der Waals surface area contributed by atoms with Crippen LogP contribution in [0.2, 0.25) is 0 Å². The quantitative estimate of drug-likeness (QED) is 0.295. The van der Waals surface area contributed by atoms with Crippen molar-refractivity contribution in [3.05, 3.63) is 88.5 Å². The van der Waals surface area contributed by atoms with Crippen molar-refractivity contribution in [2.24, 2.45) is 0 Å². The van der Waals surface area contributed by atoms with Crippen molar-refractivity contribution in [3.8, 4) is 0 Å². The van der Waals surface area contributed by atoms with E-state index in [9.17, 15) is 24.3 Å². The largest absolute Gasteiger partial charge is 0.459 e. The van der Waals surface area contributed by atoms with Crippen LogP contribution in [0.25, 0.3) is 11.2 Å². The number of nitrogens with zero attached hydrogens (tertiary/aromatic N) is 3. The predicted octanol–water partition coefficient (Wildman–Crippen LogP) is 1.42. The summed E-state index contributed by atoms with van der Waals surface area (Å²) < 4.78 is 18.2. The van der Waals surface area contributed by atoms with E-state index < -0.39 is 47.9 Å². The number of benzene rings is 2. The van der Waals surface area contributed by atoms with Gasteiger partial charge in [-0.3, -0.25) is 24.5 Å². The first-order valence-corrected chi connectivity index (χ1v) is 11.9. The molecule has 0 aliphatic carbocycles. The molecule has 39 heavy (non-hydrogen) atoms. The van der Waals surface area contributed by atoms with Gasteiger partial charge in [0.15, 0.2) is 23.5 Å². The van der Waals surface area contributed by atoms with E-state index in [4.69, 9.17) is 14.2 Å². The van der Waals surface area contributed by atoms with Gasteiger partial charge in [-0.15, -0.1) is 0 Å². The number of imidazole rings is 1. The van der Waals surface area contributed by atoms with Crippen LogP contribution in [0.5, 0.6) is 0 Å². The number of aliphatic hydroxyl groups excluding tert-OH is 1. The van der Waals surface area contributed by atoms with Gasteiger partial charge in [0.1, 0.15) is 25.1 Å². The number of H-pyrrole nitrogens is 1. The van der Waals surface area contributed by atoms with E-state index in [1.165, 1.54) is 17.8 Å². The van der Waals surface area contributed by atoms with E-state index in [0.29, 0.717) is 5.56 Å². The molecule has 4 atom stereocenters. The molecule has 200 valence electrons. The lowest BCUT2D eigenvalue weighted by molar-refractivity contribution is -0.114. The van der Waals surface area contributed by atoms with Crippen LogP contribution in [0.4, 0.5) is 5.95 Å². The fourth-order valence-corrected chi connectivity index (χ4v) is 4.18. The highest BCUT2D eigenvalue weighted by Gasteiger charge is 2.48. The molecule has 4 aromatic rings. The maximum Gasteiger partial charge on any atom is 0.338 e. The maximum absolute atomic E-state index is 12.8. The number of anilines is 1. The lowest BCUT2D eigenvalue weighted by Gasteiger charge is -2.20. The van der Waals surface area contributed by atoms with Crippen molar-refractivity contribution in [1.82, 2.24) is 19.5 Å². The van der Waals surface area contributed by atoms with Gasteiger partial charge in [0.2, 0.25) is 11.9 Å². The van der Waals surface area contributed by atoms with E-state index in [-0.39, 0.29) is 29.3 Å². The Kier molecular flexibility index (Phi) is 7.17. The highest BCUT2D eigenvalue weighted by Crippen LogP contribution is 2.33. The molecule has 5 rings (SSSR count). The number of amides is 1. The highest BCUT2D eigenvalue weighted by atomic mass is 16.6. The molecule has 1 saturated heterocycles. The molecular formula is C26H23N5O8. The predicted molar refractivity (Wildman–Crippen MR) is 135 cm³/mol. The van der Waals surface area contributed by atoms with Crippen LogP contribution >= 0.6 is 0 Å². The summed E-state index contributed by atoms with van der Waals surface area (Å²) in [4.78, 5) is 60.1. The Bertz CT molecular complexity index is 1570. The van der Waals surface area contributed by atoms with E-state index in [1.807, 2.05) is 0 Å². The van der Waals surface area contributed by atoms with Crippen LogP contribution in [0.15, 0.2) is 71.8 Å². The number of hydrogen-bond acceptors (Lipinski definition) is 10. The number of carbonyl (C=O) groups is 3. The number of aromatic nitrogens is 4. The molecule has 3 heterocycles. The standard InChI is InChI=1S/C26H23N5O8/c1-14(32)28-26-29-21-18(22(34)30-26)31(13-27-21)23-19(33)20(39-25(36)16-10-6-3-7-11-16)17(38-23)12-37-24(35)15-8-4-2-5-9-15/h2-11,13,17,19-20,23,33H,12H2,1H3,(H2,28,29,30,32,34)/t17-,19-,20+,23-/m0/s1. The average Bonchev–Trinajstić information content (AvgIpc) is 3.49. The highest BCUT2D eigenvalue weighted by molar-refractivity contribution is 5.90. The summed E-state index contributed by atoms with van der Waals surface area (Å²) in [6.45, 7) is 0.898.